The molecule has 1 aliphatic heterocycles. The van der Waals surface area contributed by atoms with Crippen LogP contribution in [-0.4, -0.2) is 19.6 Å². The fourth-order valence-electron chi connectivity index (χ4n) is 1.52. The Morgan fingerprint density at radius 2 is 2.50 bits per heavy atom. The maximum absolute atomic E-state index is 3.95. The molecule has 0 saturated carbocycles. The van der Waals surface area contributed by atoms with E-state index in [0.717, 1.165) is 6.54 Å². The summed E-state index contributed by atoms with van der Waals surface area (Å²) in [4.78, 5) is 0. The highest BCUT2D eigenvalue weighted by Gasteiger charge is 2.22. The van der Waals surface area contributed by atoms with E-state index in [0.29, 0.717) is 12.0 Å². The number of rotatable bonds is 2. The molecule has 2 unspecified atom stereocenters. The lowest BCUT2D eigenvalue weighted by Gasteiger charge is -2.07. The largest absolute Gasteiger partial charge is 0.386 e. The fraction of sp³-hybridized carbons (Fsp3) is 0.750. The van der Waals surface area contributed by atoms with Crippen molar-refractivity contribution in [2.24, 2.45) is 5.92 Å². The van der Waals surface area contributed by atoms with Crippen molar-refractivity contribution < 1.29 is 0 Å². The third-order valence-electron chi connectivity index (χ3n) is 2.01. The summed E-state index contributed by atoms with van der Waals surface area (Å²) in [6.07, 6.45) is 1.22. The minimum Gasteiger partial charge on any atom is -0.386 e. The summed E-state index contributed by atoms with van der Waals surface area (Å²) in [5.41, 5.74) is 1.20. The quantitative estimate of drug-likeness (QED) is 0.590. The zero-order valence-electron chi connectivity index (χ0n) is 6.78. The first-order chi connectivity index (χ1) is 4.74. The molecule has 0 aliphatic carbocycles. The second-order valence-electron chi connectivity index (χ2n) is 3.06. The van der Waals surface area contributed by atoms with Crippen molar-refractivity contribution in [1.82, 2.24) is 10.6 Å². The predicted octanol–water partition coefficient (Wildman–Crippen LogP) is 0.717. The van der Waals surface area contributed by atoms with Crippen LogP contribution in [0.2, 0.25) is 0 Å². The molecule has 2 N–H and O–H groups in total. The van der Waals surface area contributed by atoms with Gasteiger partial charge in [-0.3, -0.25) is 0 Å². The molecule has 2 atom stereocenters. The van der Waals surface area contributed by atoms with E-state index in [1.54, 1.807) is 0 Å². The van der Waals surface area contributed by atoms with Crippen molar-refractivity contribution in [2.75, 3.05) is 13.6 Å². The Morgan fingerprint density at radius 3 is 2.90 bits per heavy atom. The van der Waals surface area contributed by atoms with Gasteiger partial charge in [-0.1, -0.05) is 6.58 Å². The smallest absolute Gasteiger partial charge is 0.0236 e. The van der Waals surface area contributed by atoms with E-state index in [-0.39, 0.29) is 0 Å². The molecule has 1 heterocycles. The molecule has 1 aliphatic rings. The lowest BCUT2D eigenvalue weighted by atomic mass is 10.0. The van der Waals surface area contributed by atoms with E-state index >= 15 is 0 Å². The second kappa shape index (κ2) is 3.06. The van der Waals surface area contributed by atoms with Gasteiger partial charge in [0.2, 0.25) is 0 Å². The van der Waals surface area contributed by atoms with Crippen molar-refractivity contribution in [3.8, 4) is 0 Å². The van der Waals surface area contributed by atoms with Crippen LogP contribution in [-0.2, 0) is 0 Å². The van der Waals surface area contributed by atoms with E-state index in [4.69, 9.17) is 0 Å². The molecule has 0 amide bonds. The normalized spacial score (nSPS) is 32.4. The summed E-state index contributed by atoms with van der Waals surface area (Å²) in [7, 11) is 1.98. The maximum Gasteiger partial charge on any atom is 0.0236 e. The molecule has 1 fully saturated rings. The molecule has 2 nitrogen and oxygen atoms in total. The van der Waals surface area contributed by atoms with Crippen LogP contribution >= 0.6 is 0 Å². The van der Waals surface area contributed by atoms with Crippen LogP contribution in [0.4, 0.5) is 0 Å². The van der Waals surface area contributed by atoms with Gasteiger partial charge < -0.3 is 10.6 Å². The zero-order valence-corrected chi connectivity index (χ0v) is 6.78. The van der Waals surface area contributed by atoms with Crippen LogP contribution in [0.5, 0.6) is 0 Å². The molecule has 10 heavy (non-hydrogen) atoms. The van der Waals surface area contributed by atoms with Gasteiger partial charge in [0.25, 0.3) is 0 Å². The molecule has 2 heteroatoms. The zero-order chi connectivity index (χ0) is 7.56. The number of nitrogens with one attached hydrogen (secondary N) is 2. The monoisotopic (exact) mass is 140 g/mol. The van der Waals surface area contributed by atoms with Gasteiger partial charge >= 0.3 is 0 Å². The molecule has 1 rings (SSSR count). The molecule has 0 aromatic heterocycles. The maximum atomic E-state index is 3.95. The third kappa shape index (κ3) is 1.51. The van der Waals surface area contributed by atoms with E-state index in [1.807, 2.05) is 7.05 Å². The first-order valence-corrected chi connectivity index (χ1v) is 3.84. The Hall–Kier alpha value is -0.500. The highest BCUT2D eigenvalue weighted by Crippen LogP contribution is 2.20. The lowest BCUT2D eigenvalue weighted by Crippen LogP contribution is -2.18. The molecule has 58 valence electrons. The highest BCUT2D eigenvalue weighted by atomic mass is 15.0. The predicted molar refractivity (Wildman–Crippen MR) is 43.8 cm³/mol. The van der Waals surface area contributed by atoms with Gasteiger partial charge in [-0.15, -0.1) is 0 Å². The molecule has 0 aromatic rings. The fourth-order valence-corrected chi connectivity index (χ4v) is 1.52. The Kier molecular flexibility index (Phi) is 2.33. The van der Waals surface area contributed by atoms with E-state index in [2.05, 4.69) is 24.1 Å². The van der Waals surface area contributed by atoms with Gasteiger partial charge in [-0.05, 0) is 20.4 Å². The van der Waals surface area contributed by atoms with Crippen molar-refractivity contribution in [1.29, 1.82) is 0 Å². The minimum atomic E-state index is 0.617. The van der Waals surface area contributed by atoms with Crippen LogP contribution in [0.15, 0.2) is 12.3 Å². The van der Waals surface area contributed by atoms with Gasteiger partial charge in [0.05, 0.1) is 0 Å². The van der Waals surface area contributed by atoms with E-state index in [9.17, 15) is 0 Å². The summed E-state index contributed by atoms with van der Waals surface area (Å²) in [6.45, 7) is 7.20. The molecule has 0 bridgehead atoms. The number of hydrogen-bond acceptors (Lipinski definition) is 2. The first kappa shape index (κ1) is 7.61. The van der Waals surface area contributed by atoms with Crippen LogP contribution < -0.4 is 10.6 Å². The standard InChI is InChI=1S/C8H16N2/c1-6-4-8(5-9-3)7(2)10-6/h6,8-10H,2,4-5H2,1,3H3. The van der Waals surface area contributed by atoms with E-state index < -0.39 is 0 Å². The SMILES string of the molecule is C=C1NC(C)CC1CNC. The van der Waals surface area contributed by atoms with Gasteiger partial charge in [-0.2, -0.15) is 0 Å². The Labute approximate surface area is 62.7 Å². The Balaban J connectivity index is 2.39. The highest BCUT2D eigenvalue weighted by molar-refractivity contribution is 5.07. The third-order valence-corrected chi connectivity index (χ3v) is 2.01. The van der Waals surface area contributed by atoms with Crippen LogP contribution in [0.3, 0.4) is 0 Å². The van der Waals surface area contributed by atoms with Crippen molar-refractivity contribution in [2.45, 2.75) is 19.4 Å². The summed E-state index contributed by atoms with van der Waals surface area (Å²) in [6, 6.07) is 0.617. The summed E-state index contributed by atoms with van der Waals surface area (Å²) < 4.78 is 0. The van der Waals surface area contributed by atoms with Crippen molar-refractivity contribution >= 4 is 0 Å². The molecule has 1 saturated heterocycles. The van der Waals surface area contributed by atoms with E-state index in [1.165, 1.54) is 12.1 Å². The van der Waals surface area contributed by atoms with Gasteiger partial charge in [0.15, 0.2) is 0 Å². The lowest BCUT2D eigenvalue weighted by molar-refractivity contribution is 0.559. The average molecular weight is 140 g/mol. The first-order valence-electron chi connectivity index (χ1n) is 3.84. The molecular weight excluding hydrogens is 124 g/mol. The van der Waals surface area contributed by atoms with Gasteiger partial charge in [-0.25, -0.2) is 0 Å². The van der Waals surface area contributed by atoms with Crippen molar-refractivity contribution in [3.05, 3.63) is 12.3 Å². The average Bonchev–Trinajstić information content (AvgIpc) is 2.13. The summed E-state index contributed by atoms with van der Waals surface area (Å²) in [5.74, 6) is 0.639. The molecule has 0 spiro atoms. The van der Waals surface area contributed by atoms with Crippen LogP contribution in [0.1, 0.15) is 13.3 Å². The summed E-state index contributed by atoms with van der Waals surface area (Å²) in [5, 5.41) is 6.48. The molecule has 0 radical (unpaired) electrons. The topological polar surface area (TPSA) is 24.1 Å². The Bertz CT molecular complexity index is 131. The van der Waals surface area contributed by atoms with Crippen LogP contribution in [0, 0.1) is 5.92 Å². The second-order valence-corrected chi connectivity index (χ2v) is 3.06. The Morgan fingerprint density at radius 1 is 1.80 bits per heavy atom. The minimum absolute atomic E-state index is 0.617. The summed E-state index contributed by atoms with van der Waals surface area (Å²) >= 11 is 0. The van der Waals surface area contributed by atoms with Gasteiger partial charge in [0.1, 0.15) is 0 Å². The van der Waals surface area contributed by atoms with Gasteiger partial charge in [0, 0.05) is 24.2 Å². The molecule has 0 aromatic carbocycles. The van der Waals surface area contributed by atoms with Crippen LogP contribution in [0.25, 0.3) is 0 Å². The molecular formula is C8H16N2. The number of hydrogen-bond donors (Lipinski definition) is 2. The van der Waals surface area contributed by atoms with Crippen molar-refractivity contribution in [3.63, 3.8) is 0 Å².